The maximum atomic E-state index is 12.8. The van der Waals surface area contributed by atoms with E-state index in [-0.39, 0.29) is 12.1 Å². The number of nitrogens with two attached hydrogens (primary N) is 1. The zero-order valence-corrected chi connectivity index (χ0v) is 15.3. The monoisotopic (exact) mass is 385 g/mol. The first-order valence-corrected chi connectivity index (χ1v) is 9.09. The molecule has 1 atom stereocenters. The maximum absolute atomic E-state index is 12.8. The molecule has 3 aromatic rings. The van der Waals surface area contributed by atoms with Crippen LogP contribution in [0.5, 0.6) is 0 Å². The summed E-state index contributed by atoms with van der Waals surface area (Å²) in [5, 5.41) is 0.653. The number of hydrogen-bond acceptors (Lipinski definition) is 4. The Morgan fingerprint density at radius 2 is 2.04 bits per heavy atom. The van der Waals surface area contributed by atoms with Gasteiger partial charge in [0.1, 0.15) is 5.25 Å². The summed E-state index contributed by atoms with van der Waals surface area (Å²) in [4.78, 5) is 29.4. The highest BCUT2D eigenvalue weighted by Crippen LogP contribution is 2.34. The van der Waals surface area contributed by atoms with Crippen molar-refractivity contribution in [2.24, 2.45) is 5.73 Å². The van der Waals surface area contributed by atoms with Crippen molar-refractivity contribution in [3.63, 3.8) is 0 Å². The van der Waals surface area contributed by atoms with Crippen LogP contribution in [-0.2, 0) is 11.3 Å². The fraction of sp³-hybridized carbons (Fsp3) is 0.105. The predicted molar refractivity (Wildman–Crippen MR) is 105 cm³/mol. The van der Waals surface area contributed by atoms with Gasteiger partial charge in [0.2, 0.25) is 5.91 Å². The van der Waals surface area contributed by atoms with E-state index in [4.69, 9.17) is 17.3 Å². The second-order valence-electron chi connectivity index (χ2n) is 5.57. The summed E-state index contributed by atoms with van der Waals surface area (Å²) < 4.78 is 1.48. The lowest BCUT2D eigenvalue weighted by Gasteiger charge is -2.16. The van der Waals surface area contributed by atoms with Crippen LogP contribution in [-0.4, -0.2) is 15.5 Å². The van der Waals surface area contributed by atoms with Crippen LogP contribution in [0.15, 0.2) is 71.1 Å². The zero-order chi connectivity index (χ0) is 18.7. The number of primary amides is 1. The quantitative estimate of drug-likeness (QED) is 0.400. The predicted octanol–water partition coefficient (Wildman–Crippen LogP) is 3.55. The third-order valence-corrected chi connectivity index (χ3v) is 5.28. The van der Waals surface area contributed by atoms with Gasteiger partial charge in [0.05, 0.1) is 10.9 Å². The lowest BCUT2D eigenvalue weighted by molar-refractivity contribution is -0.117. The highest BCUT2D eigenvalue weighted by Gasteiger charge is 2.22. The van der Waals surface area contributed by atoms with Gasteiger partial charge >= 0.3 is 0 Å². The van der Waals surface area contributed by atoms with Crippen molar-refractivity contribution < 1.29 is 4.79 Å². The average molecular weight is 386 g/mol. The van der Waals surface area contributed by atoms with E-state index in [0.717, 1.165) is 17.3 Å². The Morgan fingerprint density at radius 3 is 2.69 bits per heavy atom. The third-order valence-electron chi connectivity index (χ3n) is 3.78. The molecule has 0 aliphatic rings. The van der Waals surface area contributed by atoms with Gasteiger partial charge in [-0.3, -0.25) is 14.2 Å². The highest BCUT2D eigenvalue weighted by molar-refractivity contribution is 8.00. The second-order valence-corrected chi connectivity index (χ2v) is 7.08. The smallest absolute Gasteiger partial charge is 0.262 e. The Morgan fingerprint density at radius 1 is 1.31 bits per heavy atom. The number of carbonyl (C=O) groups excluding carboxylic acids is 1. The number of allylic oxidation sites excluding steroid dienone is 1. The number of carbonyl (C=O) groups is 1. The normalized spacial score (nSPS) is 12.0. The molecule has 2 N–H and O–H groups in total. The van der Waals surface area contributed by atoms with Gasteiger partial charge in [0.25, 0.3) is 5.56 Å². The Labute approximate surface area is 159 Å². The van der Waals surface area contributed by atoms with Crippen LogP contribution < -0.4 is 11.3 Å². The molecule has 1 amide bonds. The summed E-state index contributed by atoms with van der Waals surface area (Å²) in [6, 6.07) is 14.1. The molecule has 3 rings (SSSR count). The number of fused-ring (bicyclic) bond motifs is 1. The van der Waals surface area contributed by atoms with Gasteiger partial charge in [0.15, 0.2) is 5.16 Å². The van der Waals surface area contributed by atoms with Gasteiger partial charge in [-0.05, 0) is 23.8 Å². The van der Waals surface area contributed by atoms with Gasteiger partial charge in [0, 0.05) is 11.6 Å². The van der Waals surface area contributed by atoms with Crippen LogP contribution in [0.2, 0.25) is 5.02 Å². The molecule has 0 unspecified atom stereocenters. The maximum Gasteiger partial charge on any atom is 0.262 e. The standard InChI is InChI=1S/C19H16ClN3O2S/c1-2-10-23-18(25)14-9-8-13(20)11-15(14)22-19(23)26-16(17(21)24)12-6-4-3-5-7-12/h2-9,11,16H,1,10H2,(H2,21,24)/t16-/m1/s1. The number of halogens is 1. The number of thioether (sulfide) groups is 1. The van der Waals surface area contributed by atoms with E-state index in [0.29, 0.717) is 21.1 Å². The van der Waals surface area contributed by atoms with Crippen LogP contribution >= 0.6 is 23.4 Å². The number of nitrogens with zero attached hydrogens (tertiary/aromatic N) is 2. The molecule has 0 radical (unpaired) electrons. The largest absolute Gasteiger partial charge is 0.368 e. The average Bonchev–Trinajstić information content (AvgIpc) is 2.62. The van der Waals surface area contributed by atoms with E-state index < -0.39 is 11.2 Å². The fourth-order valence-corrected chi connectivity index (χ4v) is 3.80. The summed E-state index contributed by atoms with van der Waals surface area (Å²) in [7, 11) is 0. The Bertz CT molecular complexity index is 1030. The number of hydrogen-bond donors (Lipinski definition) is 1. The molecule has 26 heavy (non-hydrogen) atoms. The molecule has 0 saturated carbocycles. The Balaban J connectivity index is 2.15. The summed E-state index contributed by atoms with van der Waals surface area (Å²) >= 11 is 7.17. The summed E-state index contributed by atoms with van der Waals surface area (Å²) in [5.74, 6) is -0.508. The van der Waals surface area contributed by atoms with Gasteiger partial charge in [-0.1, -0.05) is 59.8 Å². The van der Waals surface area contributed by atoms with Crippen molar-refractivity contribution in [3.8, 4) is 0 Å². The van der Waals surface area contributed by atoms with Crippen molar-refractivity contribution in [3.05, 3.63) is 82.1 Å². The third kappa shape index (κ3) is 3.66. The van der Waals surface area contributed by atoms with Crippen LogP contribution in [0, 0.1) is 0 Å². The molecule has 0 spiro atoms. The molecule has 0 bridgehead atoms. The molecule has 1 heterocycles. The lowest BCUT2D eigenvalue weighted by Crippen LogP contribution is -2.25. The molecule has 1 aromatic heterocycles. The minimum absolute atomic E-state index is 0.217. The van der Waals surface area contributed by atoms with E-state index in [1.54, 1.807) is 24.3 Å². The lowest BCUT2D eigenvalue weighted by atomic mass is 10.1. The summed E-state index contributed by atoms with van der Waals surface area (Å²) in [6.45, 7) is 3.97. The zero-order valence-electron chi connectivity index (χ0n) is 13.8. The van der Waals surface area contributed by atoms with Crippen molar-refractivity contribution in [2.75, 3.05) is 0 Å². The summed E-state index contributed by atoms with van der Waals surface area (Å²) in [5.41, 5.74) is 6.60. The first-order valence-electron chi connectivity index (χ1n) is 7.83. The van der Waals surface area contributed by atoms with E-state index in [9.17, 15) is 9.59 Å². The highest BCUT2D eigenvalue weighted by atomic mass is 35.5. The van der Waals surface area contributed by atoms with Gasteiger partial charge in [-0.2, -0.15) is 0 Å². The minimum atomic E-state index is -0.671. The van der Waals surface area contributed by atoms with Gasteiger partial charge in [-0.15, -0.1) is 6.58 Å². The van der Waals surface area contributed by atoms with E-state index in [2.05, 4.69) is 11.6 Å². The number of rotatable bonds is 6. The molecular weight excluding hydrogens is 370 g/mol. The molecule has 132 valence electrons. The van der Waals surface area contributed by atoms with Crippen LogP contribution in [0.25, 0.3) is 10.9 Å². The molecule has 7 heteroatoms. The molecule has 0 aliphatic carbocycles. The van der Waals surface area contributed by atoms with E-state index >= 15 is 0 Å². The van der Waals surface area contributed by atoms with Gasteiger partial charge in [-0.25, -0.2) is 4.98 Å². The molecule has 5 nitrogen and oxygen atoms in total. The number of aromatic nitrogens is 2. The second kappa shape index (κ2) is 7.76. The summed E-state index contributed by atoms with van der Waals surface area (Å²) in [6.07, 6.45) is 1.61. The first-order chi connectivity index (χ1) is 12.5. The Kier molecular flexibility index (Phi) is 5.44. The number of benzene rings is 2. The molecule has 0 fully saturated rings. The van der Waals surface area contributed by atoms with Crippen LogP contribution in [0.3, 0.4) is 0 Å². The van der Waals surface area contributed by atoms with Gasteiger partial charge < -0.3 is 5.73 Å². The topological polar surface area (TPSA) is 78.0 Å². The van der Waals surface area contributed by atoms with Crippen LogP contribution in [0.1, 0.15) is 10.8 Å². The molecule has 0 saturated heterocycles. The Hall–Kier alpha value is -2.57. The van der Waals surface area contributed by atoms with Crippen molar-refractivity contribution in [1.29, 1.82) is 0 Å². The van der Waals surface area contributed by atoms with Crippen molar-refractivity contribution in [2.45, 2.75) is 17.0 Å². The van der Waals surface area contributed by atoms with Crippen molar-refractivity contribution in [1.82, 2.24) is 9.55 Å². The SMILES string of the molecule is C=CCn1c(S[C@@H](C(N)=O)c2ccccc2)nc2cc(Cl)ccc2c1=O. The van der Waals surface area contributed by atoms with Crippen LogP contribution in [0.4, 0.5) is 0 Å². The van der Waals surface area contributed by atoms with E-state index in [1.165, 1.54) is 4.57 Å². The van der Waals surface area contributed by atoms with Crippen molar-refractivity contribution >= 4 is 40.2 Å². The first kappa shape index (κ1) is 18.2. The minimum Gasteiger partial charge on any atom is -0.368 e. The molecular formula is C19H16ClN3O2S. The number of amides is 1. The molecule has 0 aliphatic heterocycles. The van der Waals surface area contributed by atoms with E-state index in [1.807, 2.05) is 30.3 Å². The fourth-order valence-electron chi connectivity index (χ4n) is 2.58. The molecule has 2 aromatic carbocycles.